The van der Waals surface area contributed by atoms with E-state index in [0.29, 0.717) is 5.58 Å². The predicted octanol–water partition coefficient (Wildman–Crippen LogP) is 0.398. The van der Waals surface area contributed by atoms with Gasteiger partial charge in [-0.15, -0.1) is 0 Å². The number of oxazole rings is 1. The average Bonchev–Trinajstić information content (AvgIpc) is 2.55. The van der Waals surface area contributed by atoms with E-state index in [1.165, 1.54) is 4.57 Å². The summed E-state index contributed by atoms with van der Waals surface area (Å²) in [6, 6.07) is 5.77. The largest absolute Gasteiger partial charge is 0.419 e. The Bertz CT molecular complexity index is 542. The van der Waals surface area contributed by atoms with E-state index >= 15 is 0 Å². The minimum Gasteiger partial charge on any atom is -0.408 e. The molecule has 0 radical (unpaired) electrons. The highest BCUT2D eigenvalue weighted by atomic mass is 16.4. The van der Waals surface area contributed by atoms with Gasteiger partial charge in [-0.05, 0) is 24.7 Å². The van der Waals surface area contributed by atoms with Crippen LogP contribution in [0.3, 0.4) is 0 Å². The van der Waals surface area contributed by atoms with E-state index in [9.17, 15) is 4.79 Å². The van der Waals surface area contributed by atoms with Crippen molar-refractivity contribution >= 4 is 11.1 Å². The second-order valence-corrected chi connectivity index (χ2v) is 3.69. The number of benzene rings is 1. The first-order chi connectivity index (χ1) is 7.72. The standard InChI is InChI=1S/C11H15N3O2/c1-12-7-13-6-8-3-4-9-10(5-8)16-11(15)14(9)2/h3-5,12-13H,6-7H2,1-2H3. The van der Waals surface area contributed by atoms with Gasteiger partial charge in [0.25, 0.3) is 0 Å². The van der Waals surface area contributed by atoms with E-state index in [1.54, 1.807) is 7.05 Å². The molecule has 0 aliphatic carbocycles. The molecule has 0 amide bonds. The van der Waals surface area contributed by atoms with Crippen molar-refractivity contribution in [3.05, 3.63) is 34.3 Å². The molecule has 2 aromatic rings. The highest BCUT2D eigenvalue weighted by Crippen LogP contribution is 2.13. The molecule has 0 aliphatic rings. The summed E-state index contributed by atoms with van der Waals surface area (Å²) >= 11 is 0. The predicted molar refractivity (Wildman–Crippen MR) is 62.2 cm³/mol. The van der Waals surface area contributed by atoms with Crippen molar-refractivity contribution in [3.8, 4) is 0 Å². The Kier molecular flexibility index (Phi) is 3.07. The van der Waals surface area contributed by atoms with Crippen LogP contribution in [0.15, 0.2) is 27.4 Å². The van der Waals surface area contributed by atoms with Crippen molar-refractivity contribution in [3.63, 3.8) is 0 Å². The lowest BCUT2D eigenvalue weighted by Gasteiger charge is -2.03. The van der Waals surface area contributed by atoms with Crippen LogP contribution in [0, 0.1) is 0 Å². The zero-order valence-electron chi connectivity index (χ0n) is 9.41. The topological polar surface area (TPSA) is 59.2 Å². The molecule has 0 saturated carbocycles. The highest BCUT2D eigenvalue weighted by molar-refractivity contribution is 5.73. The molecule has 86 valence electrons. The van der Waals surface area contributed by atoms with E-state index in [1.807, 2.05) is 25.2 Å². The molecule has 0 bridgehead atoms. The minimum absolute atomic E-state index is 0.324. The highest BCUT2D eigenvalue weighted by Gasteiger charge is 2.05. The van der Waals surface area contributed by atoms with Crippen LogP contribution in [0.5, 0.6) is 0 Å². The molecule has 0 unspecified atom stereocenters. The fourth-order valence-corrected chi connectivity index (χ4v) is 1.62. The van der Waals surface area contributed by atoms with Crippen LogP contribution >= 0.6 is 0 Å². The normalized spacial score (nSPS) is 11.1. The van der Waals surface area contributed by atoms with Crippen LogP contribution < -0.4 is 16.4 Å². The molecular weight excluding hydrogens is 206 g/mol. The third-order valence-electron chi connectivity index (χ3n) is 2.49. The maximum Gasteiger partial charge on any atom is 0.419 e. The van der Waals surface area contributed by atoms with Crippen LogP contribution in [0.1, 0.15) is 5.56 Å². The molecule has 5 heteroatoms. The van der Waals surface area contributed by atoms with E-state index in [4.69, 9.17) is 4.42 Å². The number of rotatable bonds is 4. The average molecular weight is 221 g/mol. The lowest BCUT2D eigenvalue weighted by atomic mass is 10.2. The van der Waals surface area contributed by atoms with Crippen molar-refractivity contribution in [1.29, 1.82) is 0 Å². The van der Waals surface area contributed by atoms with Crippen LogP contribution in [0.2, 0.25) is 0 Å². The van der Waals surface area contributed by atoms with Gasteiger partial charge in [-0.1, -0.05) is 6.07 Å². The summed E-state index contributed by atoms with van der Waals surface area (Å²) in [5.74, 6) is -0.324. The number of aromatic nitrogens is 1. The van der Waals surface area contributed by atoms with Crippen molar-refractivity contribution in [2.45, 2.75) is 6.54 Å². The number of fused-ring (bicyclic) bond motifs is 1. The summed E-state index contributed by atoms with van der Waals surface area (Å²) in [6.07, 6.45) is 0. The number of hydrogen-bond acceptors (Lipinski definition) is 4. The first-order valence-electron chi connectivity index (χ1n) is 5.16. The molecule has 1 heterocycles. The van der Waals surface area contributed by atoms with Gasteiger partial charge in [0.2, 0.25) is 0 Å². The fraction of sp³-hybridized carbons (Fsp3) is 0.364. The van der Waals surface area contributed by atoms with Gasteiger partial charge in [0.1, 0.15) is 0 Å². The van der Waals surface area contributed by atoms with Gasteiger partial charge >= 0.3 is 5.76 Å². The SMILES string of the molecule is CNCNCc1ccc2c(c1)oc(=O)n2C. The van der Waals surface area contributed by atoms with Crippen LogP contribution in [0.25, 0.3) is 11.1 Å². The monoisotopic (exact) mass is 221 g/mol. The van der Waals surface area contributed by atoms with Gasteiger partial charge in [0.05, 0.1) is 5.52 Å². The summed E-state index contributed by atoms with van der Waals surface area (Å²) in [4.78, 5) is 11.3. The van der Waals surface area contributed by atoms with Crippen molar-refractivity contribution in [1.82, 2.24) is 15.2 Å². The Morgan fingerprint density at radius 3 is 3.00 bits per heavy atom. The van der Waals surface area contributed by atoms with Crippen molar-refractivity contribution in [2.75, 3.05) is 13.7 Å². The van der Waals surface area contributed by atoms with Crippen LogP contribution in [-0.4, -0.2) is 18.3 Å². The van der Waals surface area contributed by atoms with Gasteiger partial charge in [-0.2, -0.15) is 0 Å². The summed E-state index contributed by atoms with van der Waals surface area (Å²) < 4.78 is 6.61. The summed E-state index contributed by atoms with van der Waals surface area (Å²) in [5, 5.41) is 6.20. The molecule has 5 nitrogen and oxygen atoms in total. The molecule has 16 heavy (non-hydrogen) atoms. The van der Waals surface area contributed by atoms with Gasteiger partial charge in [0.15, 0.2) is 5.58 Å². The first kappa shape index (κ1) is 10.9. The zero-order valence-corrected chi connectivity index (χ0v) is 9.41. The van der Waals surface area contributed by atoms with Crippen LogP contribution in [0.4, 0.5) is 0 Å². The van der Waals surface area contributed by atoms with Gasteiger partial charge in [-0.25, -0.2) is 4.79 Å². The molecule has 2 N–H and O–H groups in total. The molecule has 0 saturated heterocycles. The third-order valence-corrected chi connectivity index (χ3v) is 2.49. The van der Waals surface area contributed by atoms with E-state index in [-0.39, 0.29) is 5.76 Å². The third kappa shape index (κ3) is 2.00. The quantitative estimate of drug-likeness (QED) is 0.579. The lowest BCUT2D eigenvalue weighted by molar-refractivity contribution is 0.527. The molecule has 0 atom stereocenters. The maximum absolute atomic E-state index is 11.3. The van der Waals surface area contributed by atoms with E-state index in [0.717, 1.165) is 24.3 Å². The number of nitrogens with one attached hydrogen (secondary N) is 2. The number of hydrogen-bond donors (Lipinski definition) is 2. The van der Waals surface area contributed by atoms with Crippen LogP contribution in [-0.2, 0) is 13.6 Å². The second kappa shape index (κ2) is 4.51. The van der Waals surface area contributed by atoms with E-state index in [2.05, 4.69) is 10.6 Å². The molecule has 0 fully saturated rings. The molecular formula is C11H15N3O2. The number of nitrogens with zero attached hydrogens (tertiary/aromatic N) is 1. The maximum atomic E-state index is 11.3. The van der Waals surface area contributed by atoms with Gasteiger partial charge in [-0.3, -0.25) is 4.57 Å². The van der Waals surface area contributed by atoms with Gasteiger partial charge < -0.3 is 15.1 Å². The fourth-order valence-electron chi connectivity index (χ4n) is 1.62. The Hall–Kier alpha value is -1.59. The molecule has 0 spiro atoms. The molecule has 2 rings (SSSR count). The van der Waals surface area contributed by atoms with Gasteiger partial charge in [0, 0.05) is 20.3 Å². The zero-order chi connectivity index (χ0) is 11.5. The molecule has 1 aromatic carbocycles. The number of aryl methyl sites for hydroxylation is 1. The summed E-state index contributed by atoms with van der Waals surface area (Å²) in [5.41, 5.74) is 2.55. The Morgan fingerprint density at radius 1 is 1.44 bits per heavy atom. The Labute approximate surface area is 93.1 Å². The second-order valence-electron chi connectivity index (χ2n) is 3.69. The Morgan fingerprint density at radius 2 is 2.25 bits per heavy atom. The van der Waals surface area contributed by atoms with Crippen molar-refractivity contribution < 1.29 is 4.42 Å². The molecule has 0 aliphatic heterocycles. The lowest BCUT2D eigenvalue weighted by Crippen LogP contribution is -2.25. The summed E-state index contributed by atoms with van der Waals surface area (Å²) in [7, 11) is 3.58. The smallest absolute Gasteiger partial charge is 0.408 e. The Balaban J connectivity index is 2.27. The minimum atomic E-state index is -0.324. The first-order valence-corrected chi connectivity index (χ1v) is 5.16. The summed E-state index contributed by atoms with van der Waals surface area (Å²) in [6.45, 7) is 1.49. The molecule has 1 aromatic heterocycles. The van der Waals surface area contributed by atoms with E-state index < -0.39 is 0 Å². The van der Waals surface area contributed by atoms with Crippen molar-refractivity contribution in [2.24, 2.45) is 7.05 Å².